The standard InChI is InChI=1S/C20H24N4O2/c1-15-2-7-20(26-15)17-5-3-16(4-6-17)12-23-10-8-19(9-11-23)24-13-18(14-25)21-22-24/h2-7,13,19,25H,8-12,14H2,1H3. The quantitative estimate of drug-likeness (QED) is 0.764. The van der Waals surface area contributed by atoms with Gasteiger partial charge in [0.05, 0.1) is 18.8 Å². The van der Waals surface area contributed by atoms with E-state index in [9.17, 15) is 0 Å². The molecule has 1 N–H and O–H groups in total. The zero-order chi connectivity index (χ0) is 17.9. The van der Waals surface area contributed by atoms with Gasteiger partial charge in [-0.05, 0) is 37.5 Å². The van der Waals surface area contributed by atoms with Crippen LogP contribution in [0.4, 0.5) is 0 Å². The zero-order valence-electron chi connectivity index (χ0n) is 15.0. The molecule has 3 aromatic rings. The molecule has 0 aliphatic carbocycles. The maximum Gasteiger partial charge on any atom is 0.134 e. The molecule has 4 rings (SSSR count). The molecule has 6 nitrogen and oxygen atoms in total. The van der Waals surface area contributed by atoms with E-state index in [2.05, 4.69) is 39.5 Å². The topological polar surface area (TPSA) is 67.3 Å². The minimum absolute atomic E-state index is 0.0492. The number of aryl methyl sites for hydroxylation is 1. The summed E-state index contributed by atoms with van der Waals surface area (Å²) in [7, 11) is 0. The molecule has 136 valence electrons. The van der Waals surface area contributed by atoms with E-state index < -0.39 is 0 Å². The normalized spacial score (nSPS) is 16.2. The van der Waals surface area contributed by atoms with Crippen LogP contribution in [0.2, 0.25) is 0 Å². The largest absolute Gasteiger partial charge is 0.461 e. The molecule has 2 aromatic heterocycles. The maximum absolute atomic E-state index is 9.12. The van der Waals surface area contributed by atoms with E-state index in [1.54, 1.807) is 0 Å². The van der Waals surface area contributed by atoms with E-state index in [1.165, 1.54) is 5.56 Å². The van der Waals surface area contributed by atoms with Crippen LogP contribution in [-0.4, -0.2) is 38.1 Å². The fourth-order valence-electron chi connectivity index (χ4n) is 3.53. The summed E-state index contributed by atoms with van der Waals surface area (Å²) in [6.45, 7) is 4.96. The molecule has 6 heteroatoms. The average molecular weight is 352 g/mol. The first-order valence-corrected chi connectivity index (χ1v) is 9.11. The van der Waals surface area contributed by atoms with Gasteiger partial charge in [0.1, 0.15) is 17.2 Å². The van der Waals surface area contributed by atoms with Gasteiger partial charge in [-0.15, -0.1) is 5.10 Å². The van der Waals surface area contributed by atoms with Gasteiger partial charge in [-0.2, -0.15) is 0 Å². The Bertz CT molecular complexity index is 845. The van der Waals surface area contributed by atoms with Gasteiger partial charge < -0.3 is 9.52 Å². The molecule has 1 fully saturated rings. The van der Waals surface area contributed by atoms with E-state index in [-0.39, 0.29) is 6.61 Å². The number of aromatic nitrogens is 3. The molecule has 0 radical (unpaired) electrons. The van der Waals surface area contributed by atoms with Crippen LogP contribution in [0.3, 0.4) is 0 Å². The highest BCUT2D eigenvalue weighted by atomic mass is 16.3. The number of likely N-dealkylation sites (tertiary alicyclic amines) is 1. The average Bonchev–Trinajstić information content (AvgIpc) is 3.32. The molecule has 0 unspecified atom stereocenters. The fourth-order valence-corrected chi connectivity index (χ4v) is 3.53. The summed E-state index contributed by atoms with van der Waals surface area (Å²) >= 11 is 0. The van der Waals surface area contributed by atoms with Gasteiger partial charge >= 0.3 is 0 Å². The summed E-state index contributed by atoms with van der Waals surface area (Å²) in [4.78, 5) is 2.48. The Hall–Kier alpha value is -2.44. The van der Waals surface area contributed by atoms with Crippen LogP contribution in [-0.2, 0) is 13.2 Å². The second kappa shape index (κ2) is 7.43. The van der Waals surface area contributed by atoms with Crippen LogP contribution >= 0.6 is 0 Å². The molecule has 26 heavy (non-hydrogen) atoms. The van der Waals surface area contributed by atoms with Gasteiger partial charge in [-0.25, -0.2) is 4.68 Å². The lowest BCUT2D eigenvalue weighted by Gasteiger charge is -2.31. The third kappa shape index (κ3) is 3.71. The van der Waals surface area contributed by atoms with Crippen LogP contribution in [0.25, 0.3) is 11.3 Å². The van der Waals surface area contributed by atoms with Crippen molar-refractivity contribution >= 4 is 0 Å². The number of rotatable bonds is 5. The summed E-state index contributed by atoms with van der Waals surface area (Å²) in [5.74, 6) is 1.86. The number of hydrogen-bond acceptors (Lipinski definition) is 5. The molecule has 0 atom stereocenters. The minimum Gasteiger partial charge on any atom is -0.461 e. The summed E-state index contributed by atoms with van der Waals surface area (Å²) in [5.41, 5.74) is 3.07. The first-order valence-electron chi connectivity index (χ1n) is 9.11. The SMILES string of the molecule is Cc1ccc(-c2ccc(CN3CCC(n4cc(CO)nn4)CC3)cc2)o1. The highest BCUT2D eigenvalue weighted by molar-refractivity contribution is 5.57. The number of furan rings is 1. The first kappa shape index (κ1) is 17.0. The number of aliphatic hydroxyl groups excluding tert-OH is 1. The monoisotopic (exact) mass is 352 g/mol. The van der Waals surface area contributed by atoms with Gasteiger partial charge in [0.2, 0.25) is 0 Å². The van der Waals surface area contributed by atoms with E-state index in [1.807, 2.05) is 29.9 Å². The number of nitrogens with zero attached hydrogens (tertiary/aromatic N) is 4. The number of benzene rings is 1. The molecule has 1 aliphatic rings. The van der Waals surface area contributed by atoms with Crippen molar-refractivity contribution < 1.29 is 9.52 Å². The van der Waals surface area contributed by atoms with Crippen molar-refractivity contribution in [2.75, 3.05) is 13.1 Å². The third-order valence-corrected chi connectivity index (χ3v) is 5.04. The number of piperidine rings is 1. The van der Waals surface area contributed by atoms with Crippen molar-refractivity contribution in [3.8, 4) is 11.3 Å². The second-order valence-corrected chi connectivity index (χ2v) is 6.96. The van der Waals surface area contributed by atoms with Crippen molar-refractivity contribution in [3.63, 3.8) is 0 Å². The van der Waals surface area contributed by atoms with Crippen LogP contribution in [0.15, 0.2) is 47.0 Å². The number of aliphatic hydroxyl groups is 1. The predicted molar refractivity (Wildman–Crippen MR) is 98.4 cm³/mol. The van der Waals surface area contributed by atoms with Crippen molar-refractivity contribution in [2.24, 2.45) is 0 Å². The highest BCUT2D eigenvalue weighted by Gasteiger charge is 2.21. The lowest BCUT2D eigenvalue weighted by molar-refractivity contribution is 0.172. The van der Waals surface area contributed by atoms with Crippen LogP contribution < -0.4 is 0 Å². The Labute approximate surface area is 153 Å². The zero-order valence-corrected chi connectivity index (χ0v) is 15.0. The highest BCUT2D eigenvalue weighted by Crippen LogP contribution is 2.25. The Morgan fingerprint density at radius 3 is 2.50 bits per heavy atom. The smallest absolute Gasteiger partial charge is 0.134 e. The summed E-state index contributed by atoms with van der Waals surface area (Å²) in [6.07, 6.45) is 3.96. The molecule has 0 spiro atoms. The lowest BCUT2D eigenvalue weighted by atomic mass is 10.0. The van der Waals surface area contributed by atoms with Gasteiger partial charge in [0.25, 0.3) is 0 Å². The van der Waals surface area contributed by atoms with Crippen LogP contribution in [0.5, 0.6) is 0 Å². The second-order valence-electron chi connectivity index (χ2n) is 6.96. The van der Waals surface area contributed by atoms with Crippen molar-refractivity contribution in [3.05, 3.63) is 59.6 Å². The van der Waals surface area contributed by atoms with E-state index in [4.69, 9.17) is 9.52 Å². The van der Waals surface area contributed by atoms with Gasteiger partial charge in [0.15, 0.2) is 0 Å². The molecule has 1 saturated heterocycles. The van der Waals surface area contributed by atoms with E-state index >= 15 is 0 Å². The maximum atomic E-state index is 9.12. The molecule has 1 aliphatic heterocycles. The molecule has 3 heterocycles. The number of hydrogen-bond donors (Lipinski definition) is 1. The van der Waals surface area contributed by atoms with Gasteiger partial charge in [-0.1, -0.05) is 29.5 Å². The Kier molecular flexibility index (Phi) is 4.86. The summed E-state index contributed by atoms with van der Waals surface area (Å²) in [6, 6.07) is 13.0. The van der Waals surface area contributed by atoms with Crippen LogP contribution in [0, 0.1) is 6.92 Å². The summed E-state index contributed by atoms with van der Waals surface area (Å²) < 4.78 is 7.59. The van der Waals surface area contributed by atoms with Gasteiger partial charge in [-0.3, -0.25) is 4.90 Å². The van der Waals surface area contributed by atoms with Gasteiger partial charge in [0, 0.05) is 25.2 Å². The first-order chi connectivity index (χ1) is 12.7. The van der Waals surface area contributed by atoms with Crippen molar-refractivity contribution in [2.45, 2.75) is 39.0 Å². The molecular formula is C20H24N4O2. The molecule has 0 saturated carbocycles. The molecule has 0 bridgehead atoms. The van der Waals surface area contributed by atoms with E-state index in [0.29, 0.717) is 11.7 Å². The Morgan fingerprint density at radius 2 is 1.88 bits per heavy atom. The lowest BCUT2D eigenvalue weighted by Crippen LogP contribution is -2.34. The third-order valence-electron chi connectivity index (χ3n) is 5.04. The van der Waals surface area contributed by atoms with Crippen molar-refractivity contribution in [1.29, 1.82) is 0 Å². The predicted octanol–water partition coefficient (Wildman–Crippen LogP) is 3.18. The molecule has 1 aromatic carbocycles. The minimum atomic E-state index is -0.0492. The molecule has 0 amide bonds. The summed E-state index contributed by atoms with van der Waals surface area (Å²) in [5, 5.41) is 17.2. The van der Waals surface area contributed by atoms with Crippen LogP contribution in [0.1, 0.15) is 35.9 Å². The Morgan fingerprint density at radius 1 is 1.12 bits per heavy atom. The fraction of sp³-hybridized carbons (Fsp3) is 0.400. The van der Waals surface area contributed by atoms with Crippen molar-refractivity contribution in [1.82, 2.24) is 19.9 Å². The Balaban J connectivity index is 1.32. The van der Waals surface area contributed by atoms with E-state index in [0.717, 1.165) is 49.6 Å². The molecular weight excluding hydrogens is 328 g/mol.